The lowest BCUT2D eigenvalue weighted by atomic mass is 10.1. The van der Waals surface area contributed by atoms with Gasteiger partial charge in [-0.3, -0.25) is 4.98 Å². The average molecular weight is 248 g/mol. The standard InChI is InChI=1S/C12H12N2O2S/c1-15-8-3-4-9(11(5-8)16-2)10-6-14-12(17)7-13-10/h3-7H,1-2H3,(H,14,17). The fraction of sp³-hybridized carbons (Fsp3) is 0.167. The molecule has 0 aliphatic rings. The Morgan fingerprint density at radius 1 is 1.24 bits per heavy atom. The van der Waals surface area contributed by atoms with Crippen molar-refractivity contribution in [3.8, 4) is 22.8 Å². The number of nitrogens with zero attached hydrogens (tertiary/aromatic N) is 1. The van der Waals surface area contributed by atoms with E-state index in [4.69, 9.17) is 21.7 Å². The zero-order chi connectivity index (χ0) is 12.3. The molecule has 0 saturated heterocycles. The highest BCUT2D eigenvalue weighted by Gasteiger charge is 2.08. The van der Waals surface area contributed by atoms with Crippen LogP contribution >= 0.6 is 12.2 Å². The Labute approximate surface area is 104 Å². The molecule has 2 rings (SSSR count). The summed E-state index contributed by atoms with van der Waals surface area (Å²) >= 11 is 4.95. The Hall–Kier alpha value is -1.88. The second-order valence-electron chi connectivity index (χ2n) is 3.36. The number of aromatic nitrogens is 2. The van der Waals surface area contributed by atoms with E-state index < -0.39 is 0 Å². The summed E-state index contributed by atoms with van der Waals surface area (Å²) in [4.78, 5) is 7.20. The number of rotatable bonds is 3. The van der Waals surface area contributed by atoms with E-state index in [0.29, 0.717) is 10.4 Å². The van der Waals surface area contributed by atoms with Gasteiger partial charge in [0.1, 0.15) is 16.1 Å². The van der Waals surface area contributed by atoms with Crippen LogP contribution < -0.4 is 9.47 Å². The molecule has 5 heteroatoms. The highest BCUT2D eigenvalue weighted by atomic mass is 32.1. The molecule has 1 aromatic heterocycles. The zero-order valence-corrected chi connectivity index (χ0v) is 10.4. The Balaban J connectivity index is 2.51. The summed E-state index contributed by atoms with van der Waals surface area (Å²) in [6.45, 7) is 0. The Kier molecular flexibility index (Phi) is 3.39. The van der Waals surface area contributed by atoms with Gasteiger partial charge in [0.15, 0.2) is 0 Å². The smallest absolute Gasteiger partial charge is 0.132 e. The van der Waals surface area contributed by atoms with Gasteiger partial charge in [-0.2, -0.15) is 0 Å². The molecule has 0 saturated carbocycles. The van der Waals surface area contributed by atoms with Crippen molar-refractivity contribution in [2.75, 3.05) is 14.2 Å². The van der Waals surface area contributed by atoms with E-state index in [0.717, 1.165) is 17.0 Å². The maximum absolute atomic E-state index is 5.31. The lowest BCUT2D eigenvalue weighted by Crippen LogP contribution is -1.92. The number of methoxy groups -OCH3 is 2. The van der Waals surface area contributed by atoms with Crippen molar-refractivity contribution < 1.29 is 9.47 Å². The van der Waals surface area contributed by atoms with Crippen LogP contribution in [0.25, 0.3) is 11.3 Å². The number of hydrogen-bond donors (Lipinski definition) is 1. The number of hydrogen-bond acceptors (Lipinski definition) is 4. The van der Waals surface area contributed by atoms with Gasteiger partial charge >= 0.3 is 0 Å². The third-order valence-corrected chi connectivity index (χ3v) is 2.58. The molecule has 0 radical (unpaired) electrons. The fourth-order valence-electron chi connectivity index (χ4n) is 1.50. The van der Waals surface area contributed by atoms with E-state index in [1.54, 1.807) is 26.6 Å². The molecule has 0 fully saturated rings. The van der Waals surface area contributed by atoms with Gasteiger partial charge in [0.05, 0.1) is 26.1 Å². The summed E-state index contributed by atoms with van der Waals surface area (Å²) in [5, 5.41) is 0. The van der Waals surface area contributed by atoms with Crippen molar-refractivity contribution in [1.82, 2.24) is 9.97 Å². The molecule has 0 amide bonds. The molecule has 0 spiro atoms. The minimum Gasteiger partial charge on any atom is -0.497 e. The highest BCUT2D eigenvalue weighted by molar-refractivity contribution is 7.71. The highest BCUT2D eigenvalue weighted by Crippen LogP contribution is 2.31. The molecule has 0 unspecified atom stereocenters. The van der Waals surface area contributed by atoms with E-state index in [1.165, 1.54) is 0 Å². The van der Waals surface area contributed by atoms with Crippen LogP contribution in [0.2, 0.25) is 0 Å². The van der Waals surface area contributed by atoms with Crippen LogP contribution in [0.5, 0.6) is 11.5 Å². The molecule has 17 heavy (non-hydrogen) atoms. The third kappa shape index (κ3) is 2.45. The van der Waals surface area contributed by atoms with Gasteiger partial charge in [0, 0.05) is 17.8 Å². The van der Waals surface area contributed by atoms with Gasteiger partial charge in [0.25, 0.3) is 0 Å². The molecule has 0 aliphatic carbocycles. The first kappa shape index (κ1) is 11.6. The number of ether oxygens (including phenoxy) is 2. The van der Waals surface area contributed by atoms with Gasteiger partial charge in [-0.05, 0) is 12.1 Å². The molecule has 0 bridgehead atoms. The normalized spacial score (nSPS) is 10.0. The van der Waals surface area contributed by atoms with Crippen LogP contribution in [0.1, 0.15) is 0 Å². The first-order valence-electron chi connectivity index (χ1n) is 5.01. The summed E-state index contributed by atoms with van der Waals surface area (Å²) in [6.07, 6.45) is 3.36. The molecule has 0 atom stereocenters. The SMILES string of the molecule is COc1ccc(-c2c[nH]c(=S)cn2)c(OC)c1. The molecule has 88 valence electrons. The third-order valence-electron chi connectivity index (χ3n) is 2.36. The Bertz CT molecular complexity index is 560. The van der Waals surface area contributed by atoms with Crippen molar-refractivity contribution in [2.24, 2.45) is 0 Å². The summed E-state index contributed by atoms with van der Waals surface area (Å²) < 4.78 is 11.1. The molecule has 1 N–H and O–H groups in total. The second kappa shape index (κ2) is 4.97. The van der Waals surface area contributed by atoms with Gasteiger partial charge in [-0.1, -0.05) is 12.2 Å². The lowest BCUT2D eigenvalue weighted by Gasteiger charge is -2.09. The van der Waals surface area contributed by atoms with Crippen LogP contribution in [0.15, 0.2) is 30.6 Å². The van der Waals surface area contributed by atoms with E-state index >= 15 is 0 Å². The second-order valence-corrected chi connectivity index (χ2v) is 3.80. The van der Waals surface area contributed by atoms with Crippen molar-refractivity contribution in [1.29, 1.82) is 0 Å². The van der Waals surface area contributed by atoms with Crippen molar-refractivity contribution in [2.45, 2.75) is 0 Å². The van der Waals surface area contributed by atoms with Gasteiger partial charge < -0.3 is 14.5 Å². The lowest BCUT2D eigenvalue weighted by molar-refractivity contribution is 0.395. The quantitative estimate of drug-likeness (QED) is 0.848. The zero-order valence-electron chi connectivity index (χ0n) is 9.56. The van der Waals surface area contributed by atoms with Crippen LogP contribution in [0.3, 0.4) is 0 Å². The van der Waals surface area contributed by atoms with Crippen LogP contribution in [-0.4, -0.2) is 24.2 Å². The average Bonchev–Trinajstić information content (AvgIpc) is 2.39. The van der Waals surface area contributed by atoms with Crippen molar-refractivity contribution >= 4 is 12.2 Å². The van der Waals surface area contributed by atoms with Crippen LogP contribution in [0.4, 0.5) is 0 Å². The molecule has 0 aliphatic heterocycles. The monoisotopic (exact) mass is 248 g/mol. The fourth-order valence-corrected chi connectivity index (χ4v) is 1.61. The van der Waals surface area contributed by atoms with Gasteiger partial charge in [-0.15, -0.1) is 0 Å². The van der Waals surface area contributed by atoms with E-state index in [1.807, 2.05) is 18.2 Å². The summed E-state index contributed by atoms with van der Waals surface area (Å²) in [6, 6.07) is 5.58. The van der Waals surface area contributed by atoms with Crippen molar-refractivity contribution in [3.05, 3.63) is 35.2 Å². The molecule has 1 aromatic carbocycles. The summed E-state index contributed by atoms with van der Waals surface area (Å²) in [5.41, 5.74) is 1.66. The molecular formula is C12H12N2O2S. The first-order valence-corrected chi connectivity index (χ1v) is 5.42. The predicted molar refractivity (Wildman–Crippen MR) is 68.0 cm³/mol. The van der Waals surface area contributed by atoms with E-state index in [9.17, 15) is 0 Å². The molecular weight excluding hydrogens is 236 g/mol. The number of aromatic amines is 1. The number of nitrogens with one attached hydrogen (secondary N) is 1. The van der Waals surface area contributed by atoms with E-state index in [2.05, 4.69) is 9.97 Å². The van der Waals surface area contributed by atoms with Crippen molar-refractivity contribution in [3.63, 3.8) is 0 Å². The molecule has 2 aromatic rings. The number of H-pyrrole nitrogens is 1. The van der Waals surface area contributed by atoms with Crippen LogP contribution in [0, 0.1) is 4.64 Å². The number of benzene rings is 1. The molecule has 1 heterocycles. The van der Waals surface area contributed by atoms with Gasteiger partial charge in [0.2, 0.25) is 0 Å². The first-order chi connectivity index (χ1) is 8.24. The predicted octanol–water partition coefficient (Wildman–Crippen LogP) is 2.82. The summed E-state index contributed by atoms with van der Waals surface area (Å²) in [5.74, 6) is 1.46. The topological polar surface area (TPSA) is 47.1 Å². The summed E-state index contributed by atoms with van der Waals surface area (Å²) in [7, 11) is 3.23. The minimum atomic E-state index is 0.598. The van der Waals surface area contributed by atoms with Crippen LogP contribution in [-0.2, 0) is 0 Å². The largest absolute Gasteiger partial charge is 0.497 e. The van der Waals surface area contributed by atoms with E-state index in [-0.39, 0.29) is 0 Å². The maximum atomic E-state index is 5.31. The van der Waals surface area contributed by atoms with Gasteiger partial charge in [-0.25, -0.2) is 0 Å². The maximum Gasteiger partial charge on any atom is 0.132 e. The minimum absolute atomic E-state index is 0.598. The Morgan fingerprint density at radius 2 is 2.06 bits per heavy atom. The molecule has 4 nitrogen and oxygen atoms in total. The Morgan fingerprint density at radius 3 is 2.65 bits per heavy atom.